The molecule has 18 heavy (non-hydrogen) atoms. The molecule has 1 nitrogen and oxygen atoms in total. The second-order valence-electron chi connectivity index (χ2n) is 4.87. The molecule has 1 aliphatic heterocycles. The maximum absolute atomic E-state index is 12.7. The van der Waals surface area contributed by atoms with Crippen LogP contribution in [-0.2, 0) is 6.42 Å². The summed E-state index contributed by atoms with van der Waals surface area (Å²) in [5, 5.41) is 3.19. The first-order chi connectivity index (χ1) is 8.50. The van der Waals surface area contributed by atoms with Crippen molar-refractivity contribution >= 4 is 0 Å². The molecule has 1 N–H and O–H groups in total. The molecule has 4 heteroatoms. The molecule has 0 radical (unpaired) electrons. The Labute approximate surface area is 105 Å². The molecule has 1 aliphatic rings. The van der Waals surface area contributed by atoms with Crippen molar-refractivity contribution in [1.29, 1.82) is 0 Å². The number of hydrogen-bond donors (Lipinski definition) is 1. The first kappa shape index (κ1) is 13.4. The van der Waals surface area contributed by atoms with Gasteiger partial charge in [0.25, 0.3) is 0 Å². The SMILES string of the molecule is CCc1cccc(C2CC(C(F)(F)F)CCN2)c1. The number of halogens is 3. The van der Waals surface area contributed by atoms with E-state index in [1.165, 1.54) is 5.56 Å². The van der Waals surface area contributed by atoms with Gasteiger partial charge in [-0.05, 0) is 36.9 Å². The monoisotopic (exact) mass is 257 g/mol. The van der Waals surface area contributed by atoms with Crippen molar-refractivity contribution < 1.29 is 13.2 Å². The molecule has 2 rings (SSSR count). The molecule has 1 heterocycles. The lowest BCUT2D eigenvalue weighted by Crippen LogP contribution is -2.38. The van der Waals surface area contributed by atoms with E-state index in [2.05, 4.69) is 5.32 Å². The predicted molar refractivity (Wildman–Crippen MR) is 65.3 cm³/mol. The van der Waals surface area contributed by atoms with Crippen molar-refractivity contribution in [2.45, 2.75) is 38.4 Å². The Morgan fingerprint density at radius 1 is 1.33 bits per heavy atom. The second kappa shape index (κ2) is 5.31. The summed E-state index contributed by atoms with van der Waals surface area (Å²) in [6, 6.07) is 7.68. The van der Waals surface area contributed by atoms with Gasteiger partial charge >= 0.3 is 6.18 Å². The van der Waals surface area contributed by atoms with Gasteiger partial charge in [0.1, 0.15) is 0 Å². The third kappa shape index (κ3) is 3.05. The van der Waals surface area contributed by atoms with Gasteiger partial charge in [0.05, 0.1) is 5.92 Å². The largest absolute Gasteiger partial charge is 0.391 e. The zero-order valence-corrected chi connectivity index (χ0v) is 10.4. The van der Waals surface area contributed by atoms with Gasteiger partial charge in [-0.1, -0.05) is 31.2 Å². The van der Waals surface area contributed by atoms with Gasteiger partial charge in [-0.3, -0.25) is 0 Å². The molecule has 0 saturated carbocycles. The van der Waals surface area contributed by atoms with E-state index >= 15 is 0 Å². The van der Waals surface area contributed by atoms with Crippen LogP contribution in [0, 0.1) is 5.92 Å². The van der Waals surface area contributed by atoms with Gasteiger partial charge in [-0.15, -0.1) is 0 Å². The molecule has 2 atom stereocenters. The highest BCUT2D eigenvalue weighted by molar-refractivity contribution is 5.26. The van der Waals surface area contributed by atoms with Crippen molar-refractivity contribution in [3.63, 3.8) is 0 Å². The van der Waals surface area contributed by atoms with Crippen LogP contribution in [0.4, 0.5) is 13.2 Å². The number of nitrogens with one attached hydrogen (secondary N) is 1. The summed E-state index contributed by atoms with van der Waals surface area (Å²) < 4.78 is 38.2. The summed E-state index contributed by atoms with van der Waals surface area (Å²) in [4.78, 5) is 0. The highest BCUT2D eigenvalue weighted by atomic mass is 19.4. The van der Waals surface area contributed by atoms with Gasteiger partial charge in [-0.2, -0.15) is 13.2 Å². The number of alkyl halides is 3. The third-order valence-electron chi connectivity index (χ3n) is 3.63. The first-order valence-electron chi connectivity index (χ1n) is 6.39. The molecule has 1 aromatic rings. The summed E-state index contributed by atoms with van der Waals surface area (Å²) in [6.45, 7) is 2.48. The summed E-state index contributed by atoms with van der Waals surface area (Å²) in [6.07, 6.45) is -2.82. The fraction of sp³-hybridized carbons (Fsp3) is 0.571. The van der Waals surface area contributed by atoms with E-state index in [0.717, 1.165) is 12.0 Å². The fourth-order valence-corrected chi connectivity index (χ4v) is 2.50. The molecular weight excluding hydrogens is 239 g/mol. The Morgan fingerprint density at radius 2 is 2.11 bits per heavy atom. The molecule has 0 aliphatic carbocycles. The average Bonchev–Trinajstić information content (AvgIpc) is 2.38. The zero-order chi connectivity index (χ0) is 13.2. The predicted octanol–water partition coefficient (Wildman–Crippen LogP) is 3.85. The van der Waals surface area contributed by atoms with Crippen molar-refractivity contribution in [3.05, 3.63) is 35.4 Å². The quantitative estimate of drug-likeness (QED) is 0.848. The molecule has 1 saturated heterocycles. The number of rotatable bonds is 2. The van der Waals surface area contributed by atoms with Crippen molar-refractivity contribution in [2.24, 2.45) is 5.92 Å². The van der Waals surface area contributed by atoms with E-state index in [1.54, 1.807) is 0 Å². The van der Waals surface area contributed by atoms with Crippen LogP contribution >= 0.6 is 0 Å². The summed E-state index contributed by atoms with van der Waals surface area (Å²) in [5.41, 5.74) is 2.15. The van der Waals surface area contributed by atoms with Crippen LogP contribution in [0.1, 0.15) is 36.9 Å². The Kier molecular flexibility index (Phi) is 3.95. The molecular formula is C14H18F3N. The van der Waals surface area contributed by atoms with Crippen LogP contribution in [0.15, 0.2) is 24.3 Å². The molecule has 100 valence electrons. The number of benzene rings is 1. The Bertz CT molecular complexity index is 400. The Balaban J connectivity index is 2.13. The molecule has 0 spiro atoms. The normalized spacial score (nSPS) is 25.1. The van der Waals surface area contributed by atoms with Crippen LogP contribution in [0.2, 0.25) is 0 Å². The van der Waals surface area contributed by atoms with E-state index in [9.17, 15) is 13.2 Å². The van der Waals surface area contributed by atoms with Crippen molar-refractivity contribution in [2.75, 3.05) is 6.54 Å². The van der Waals surface area contributed by atoms with Gasteiger partial charge < -0.3 is 5.32 Å². The van der Waals surface area contributed by atoms with E-state index in [-0.39, 0.29) is 18.9 Å². The lowest BCUT2D eigenvalue weighted by atomic mass is 9.88. The lowest BCUT2D eigenvalue weighted by Gasteiger charge is -2.32. The van der Waals surface area contributed by atoms with Crippen LogP contribution in [0.25, 0.3) is 0 Å². The highest BCUT2D eigenvalue weighted by Gasteiger charge is 2.42. The molecule has 1 aromatic carbocycles. The van der Waals surface area contributed by atoms with E-state index < -0.39 is 12.1 Å². The first-order valence-corrected chi connectivity index (χ1v) is 6.39. The lowest BCUT2D eigenvalue weighted by molar-refractivity contribution is -0.183. The van der Waals surface area contributed by atoms with Crippen LogP contribution in [0.5, 0.6) is 0 Å². The van der Waals surface area contributed by atoms with Gasteiger partial charge in [0, 0.05) is 6.04 Å². The Hall–Kier alpha value is -1.03. The number of piperidine rings is 1. The van der Waals surface area contributed by atoms with Crippen LogP contribution in [-0.4, -0.2) is 12.7 Å². The highest BCUT2D eigenvalue weighted by Crippen LogP contribution is 2.38. The number of hydrogen-bond acceptors (Lipinski definition) is 1. The summed E-state index contributed by atoms with van der Waals surface area (Å²) in [5.74, 6) is -1.17. The molecule has 0 amide bonds. The molecule has 1 fully saturated rings. The fourth-order valence-electron chi connectivity index (χ4n) is 2.50. The zero-order valence-electron chi connectivity index (χ0n) is 10.4. The third-order valence-corrected chi connectivity index (χ3v) is 3.63. The van der Waals surface area contributed by atoms with Crippen molar-refractivity contribution in [3.8, 4) is 0 Å². The Morgan fingerprint density at radius 3 is 2.78 bits per heavy atom. The van der Waals surface area contributed by atoms with Crippen molar-refractivity contribution in [1.82, 2.24) is 5.32 Å². The van der Waals surface area contributed by atoms with Gasteiger partial charge in [0.15, 0.2) is 0 Å². The standard InChI is InChI=1S/C14H18F3N/c1-2-10-4-3-5-11(8-10)13-9-12(6-7-18-13)14(15,16)17/h3-5,8,12-13,18H,2,6-7,9H2,1H3. The average molecular weight is 257 g/mol. The molecule has 0 aromatic heterocycles. The van der Waals surface area contributed by atoms with E-state index in [4.69, 9.17) is 0 Å². The minimum atomic E-state index is -4.07. The van der Waals surface area contributed by atoms with Gasteiger partial charge in [0.2, 0.25) is 0 Å². The minimum absolute atomic E-state index is 0.149. The van der Waals surface area contributed by atoms with E-state index in [1.807, 2.05) is 31.2 Å². The molecule has 2 unspecified atom stereocenters. The minimum Gasteiger partial charge on any atom is -0.310 e. The molecule has 0 bridgehead atoms. The maximum atomic E-state index is 12.7. The van der Waals surface area contributed by atoms with E-state index in [0.29, 0.717) is 6.54 Å². The summed E-state index contributed by atoms with van der Waals surface area (Å²) in [7, 11) is 0. The van der Waals surface area contributed by atoms with Crippen LogP contribution < -0.4 is 5.32 Å². The maximum Gasteiger partial charge on any atom is 0.391 e. The smallest absolute Gasteiger partial charge is 0.310 e. The topological polar surface area (TPSA) is 12.0 Å². The van der Waals surface area contributed by atoms with Gasteiger partial charge in [-0.25, -0.2) is 0 Å². The second-order valence-corrected chi connectivity index (χ2v) is 4.87. The number of aryl methyl sites for hydroxylation is 1. The van der Waals surface area contributed by atoms with Crippen LogP contribution in [0.3, 0.4) is 0 Å². The summed E-state index contributed by atoms with van der Waals surface area (Å²) >= 11 is 0.